The summed E-state index contributed by atoms with van der Waals surface area (Å²) in [5.74, 6) is -1.46. The fourth-order valence-corrected chi connectivity index (χ4v) is 4.85. The number of hydrogen-bond acceptors (Lipinski definition) is 6. The van der Waals surface area contributed by atoms with E-state index >= 15 is 0 Å². The minimum Gasteiger partial charge on any atom is -0.507 e. The number of aryl methyl sites for hydroxylation is 1. The number of ketones is 1. The van der Waals surface area contributed by atoms with Crippen molar-refractivity contribution in [2.75, 3.05) is 18.1 Å². The number of benzene rings is 3. The number of ether oxygens (including phenoxy) is 2. The van der Waals surface area contributed by atoms with Gasteiger partial charge in [0.25, 0.3) is 11.7 Å². The van der Waals surface area contributed by atoms with Crippen LogP contribution in [0.1, 0.15) is 72.3 Å². The van der Waals surface area contributed by atoms with Gasteiger partial charge in [-0.1, -0.05) is 38.1 Å². The summed E-state index contributed by atoms with van der Waals surface area (Å²) in [4.78, 5) is 40.6. The molecule has 1 atom stereocenters. The van der Waals surface area contributed by atoms with Gasteiger partial charge in [-0.25, -0.2) is 4.79 Å². The Labute approximate surface area is 228 Å². The zero-order chi connectivity index (χ0) is 28.3. The Balaban J connectivity index is 1.89. The monoisotopic (exact) mass is 527 g/mol. The smallest absolute Gasteiger partial charge is 0.338 e. The van der Waals surface area contributed by atoms with Crippen LogP contribution in [-0.2, 0) is 14.3 Å². The van der Waals surface area contributed by atoms with Crippen molar-refractivity contribution in [3.05, 3.63) is 100 Å². The Morgan fingerprint density at radius 3 is 2.23 bits per heavy atom. The van der Waals surface area contributed by atoms with Crippen LogP contribution >= 0.6 is 0 Å². The Morgan fingerprint density at radius 1 is 0.949 bits per heavy atom. The lowest BCUT2D eigenvalue weighted by Crippen LogP contribution is -2.29. The summed E-state index contributed by atoms with van der Waals surface area (Å²) in [5, 5.41) is 11.6. The van der Waals surface area contributed by atoms with Gasteiger partial charge in [0, 0.05) is 11.3 Å². The van der Waals surface area contributed by atoms with E-state index in [9.17, 15) is 19.5 Å². The van der Waals surface area contributed by atoms with E-state index in [2.05, 4.69) is 0 Å². The van der Waals surface area contributed by atoms with E-state index in [4.69, 9.17) is 9.47 Å². The average molecular weight is 528 g/mol. The van der Waals surface area contributed by atoms with Crippen LogP contribution in [0.3, 0.4) is 0 Å². The number of aliphatic hydroxyl groups excluding tert-OH is 1. The van der Waals surface area contributed by atoms with Crippen molar-refractivity contribution in [2.45, 2.75) is 46.6 Å². The van der Waals surface area contributed by atoms with Gasteiger partial charge in [-0.3, -0.25) is 14.5 Å². The molecule has 202 valence electrons. The molecule has 0 aliphatic carbocycles. The molecule has 1 unspecified atom stereocenters. The fourth-order valence-electron chi connectivity index (χ4n) is 4.85. The van der Waals surface area contributed by atoms with E-state index in [-0.39, 0.29) is 23.9 Å². The molecule has 7 nitrogen and oxygen atoms in total. The highest BCUT2D eigenvalue weighted by Crippen LogP contribution is 2.43. The maximum atomic E-state index is 13.5. The van der Waals surface area contributed by atoms with E-state index in [0.29, 0.717) is 34.7 Å². The van der Waals surface area contributed by atoms with Crippen molar-refractivity contribution in [2.24, 2.45) is 0 Å². The molecule has 3 aromatic rings. The van der Waals surface area contributed by atoms with Gasteiger partial charge in [0.05, 0.1) is 30.4 Å². The Kier molecular flexibility index (Phi) is 8.19. The fraction of sp³-hybridized carbons (Fsp3) is 0.281. The molecule has 0 saturated carbocycles. The van der Waals surface area contributed by atoms with Crippen LogP contribution in [0.2, 0.25) is 0 Å². The van der Waals surface area contributed by atoms with Crippen molar-refractivity contribution in [1.29, 1.82) is 0 Å². The summed E-state index contributed by atoms with van der Waals surface area (Å²) in [6.45, 7) is 10.3. The Morgan fingerprint density at radius 2 is 1.62 bits per heavy atom. The van der Waals surface area contributed by atoms with Gasteiger partial charge < -0.3 is 14.6 Å². The second-order valence-electron chi connectivity index (χ2n) is 9.63. The SMILES string of the molecule is CCOC(=O)c1ccc(N2C(=O)C(=O)/C(=C(/O)c3ccc(OCC)c(C(C)C)c3)C2c2ccccc2C)cc1. The van der Waals surface area contributed by atoms with Crippen LogP contribution < -0.4 is 9.64 Å². The van der Waals surface area contributed by atoms with Crippen molar-refractivity contribution in [3.63, 3.8) is 0 Å². The minimum absolute atomic E-state index is 0.00244. The molecule has 0 aromatic heterocycles. The molecule has 0 spiro atoms. The highest BCUT2D eigenvalue weighted by molar-refractivity contribution is 6.51. The number of amides is 1. The van der Waals surface area contributed by atoms with Crippen LogP contribution in [0.15, 0.2) is 72.3 Å². The first-order valence-corrected chi connectivity index (χ1v) is 13.1. The third kappa shape index (κ3) is 5.30. The lowest BCUT2D eigenvalue weighted by molar-refractivity contribution is -0.132. The number of carbonyl (C=O) groups is 3. The molecule has 0 radical (unpaired) electrons. The molecule has 39 heavy (non-hydrogen) atoms. The topological polar surface area (TPSA) is 93.1 Å². The second kappa shape index (κ2) is 11.6. The van der Waals surface area contributed by atoms with E-state index in [1.54, 1.807) is 43.3 Å². The number of Topliss-reactive ketones (excluding diaryl/α,β-unsaturated/α-hetero) is 1. The third-order valence-corrected chi connectivity index (χ3v) is 6.79. The first kappa shape index (κ1) is 27.6. The van der Waals surface area contributed by atoms with E-state index in [1.807, 2.05) is 58.0 Å². The standard InChI is InChI=1S/C32H33NO6/c1-6-38-26-17-14-22(18-25(26)19(3)4)29(34)27-28(24-11-9-8-10-20(24)5)33(31(36)30(27)35)23-15-12-21(13-16-23)32(37)39-7-2/h8-19,28,34H,6-7H2,1-5H3/b29-27+. The van der Waals surface area contributed by atoms with Crippen LogP contribution in [0.25, 0.3) is 5.76 Å². The minimum atomic E-state index is -0.867. The highest BCUT2D eigenvalue weighted by Gasteiger charge is 2.47. The number of hydrogen-bond donors (Lipinski definition) is 1. The van der Waals surface area contributed by atoms with Crippen LogP contribution in [0, 0.1) is 6.92 Å². The maximum Gasteiger partial charge on any atom is 0.338 e. The molecule has 3 aromatic carbocycles. The van der Waals surface area contributed by atoms with Gasteiger partial charge in [-0.2, -0.15) is 0 Å². The molecule has 7 heteroatoms. The molecular weight excluding hydrogens is 494 g/mol. The second-order valence-corrected chi connectivity index (χ2v) is 9.63. The predicted octanol–water partition coefficient (Wildman–Crippen LogP) is 6.32. The number of esters is 1. The van der Waals surface area contributed by atoms with Crippen LogP contribution in [-0.4, -0.2) is 36.0 Å². The number of nitrogens with zero attached hydrogens (tertiary/aromatic N) is 1. The van der Waals surface area contributed by atoms with E-state index in [1.165, 1.54) is 4.90 Å². The summed E-state index contributed by atoms with van der Waals surface area (Å²) in [6, 6.07) is 18.2. The Bertz CT molecular complexity index is 1440. The molecule has 1 heterocycles. The zero-order valence-electron chi connectivity index (χ0n) is 22.9. The highest BCUT2D eigenvalue weighted by atomic mass is 16.5. The summed E-state index contributed by atoms with van der Waals surface area (Å²) in [7, 11) is 0. The van der Waals surface area contributed by atoms with Gasteiger partial charge in [0.1, 0.15) is 11.5 Å². The van der Waals surface area contributed by atoms with Crippen molar-refractivity contribution in [3.8, 4) is 5.75 Å². The number of aliphatic hydroxyl groups is 1. The van der Waals surface area contributed by atoms with E-state index < -0.39 is 23.7 Å². The van der Waals surface area contributed by atoms with Gasteiger partial charge in [0.2, 0.25) is 0 Å². The maximum absolute atomic E-state index is 13.5. The summed E-state index contributed by atoms with van der Waals surface area (Å²) < 4.78 is 10.8. The molecule has 1 aliphatic rings. The lowest BCUT2D eigenvalue weighted by Gasteiger charge is -2.27. The van der Waals surface area contributed by atoms with Crippen LogP contribution in [0.5, 0.6) is 5.75 Å². The Hall–Kier alpha value is -4.39. The van der Waals surface area contributed by atoms with Crippen molar-refractivity contribution < 1.29 is 29.0 Å². The average Bonchev–Trinajstić information content (AvgIpc) is 3.19. The molecule has 1 saturated heterocycles. The van der Waals surface area contributed by atoms with Gasteiger partial charge in [0.15, 0.2) is 0 Å². The van der Waals surface area contributed by atoms with Crippen LogP contribution in [0.4, 0.5) is 5.69 Å². The first-order valence-electron chi connectivity index (χ1n) is 13.1. The lowest BCUT2D eigenvalue weighted by atomic mass is 9.91. The molecule has 4 rings (SSSR count). The van der Waals surface area contributed by atoms with Crippen molar-refractivity contribution >= 4 is 29.1 Å². The van der Waals surface area contributed by atoms with Gasteiger partial charge in [-0.15, -0.1) is 0 Å². The number of carbonyl (C=O) groups excluding carboxylic acids is 3. The molecule has 0 bridgehead atoms. The summed E-state index contributed by atoms with van der Waals surface area (Å²) >= 11 is 0. The zero-order valence-corrected chi connectivity index (χ0v) is 22.9. The van der Waals surface area contributed by atoms with Gasteiger partial charge >= 0.3 is 5.97 Å². The van der Waals surface area contributed by atoms with Gasteiger partial charge in [-0.05, 0) is 85.8 Å². The van der Waals surface area contributed by atoms with E-state index in [0.717, 1.165) is 11.1 Å². The number of rotatable bonds is 8. The molecule has 1 N–H and O–H groups in total. The van der Waals surface area contributed by atoms with Crippen molar-refractivity contribution in [1.82, 2.24) is 0 Å². The number of anilines is 1. The summed E-state index contributed by atoms with van der Waals surface area (Å²) in [5.41, 5.74) is 3.64. The molecule has 1 fully saturated rings. The first-order chi connectivity index (χ1) is 18.7. The third-order valence-electron chi connectivity index (χ3n) is 6.79. The summed E-state index contributed by atoms with van der Waals surface area (Å²) in [6.07, 6.45) is 0. The predicted molar refractivity (Wildman–Crippen MR) is 150 cm³/mol. The molecule has 1 amide bonds. The quantitative estimate of drug-likeness (QED) is 0.159. The molecule has 1 aliphatic heterocycles. The normalized spacial score (nSPS) is 16.6. The largest absolute Gasteiger partial charge is 0.507 e. The molecular formula is C32H33NO6.